The zero-order valence-corrected chi connectivity index (χ0v) is 9.55. The van der Waals surface area contributed by atoms with Crippen molar-refractivity contribution < 1.29 is 4.74 Å². The second kappa shape index (κ2) is 5.27. The van der Waals surface area contributed by atoms with Gasteiger partial charge in [-0.25, -0.2) is 10.8 Å². The van der Waals surface area contributed by atoms with Crippen LogP contribution < -0.4 is 16.0 Å². The summed E-state index contributed by atoms with van der Waals surface area (Å²) in [6.45, 7) is 2.54. The van der Waals surface area contributed by atoms with Crippen LogP contribution in [0.1, 0.15) is 6.92 Å². The Bertz CT molecular complexity index is 501. The predicted octanol–water partition coefficient (Wildman–Crippen LogP) is 1.83. The number of hydrogen-bond acceptors (Lipinski definition) is 5. The maximum absolute atomic E-state index is 5.55. The topological polar surface area (TPSA) is 73.1 Å². The predicted molar refractivity (Wildman–Crippen MR) is 66.4 cm³/mol. The summed E-state index contributed by atoms with van der Waals surface area (Å²) < 4.78 is 5.55. The van der Waals surface area contributed by atoms with Gasteiger partial charge in [0.05, 0.1) is 6.61 Å². The Labute approximate surface area is 99.6 Å². The molecule has 0 amide bonds. The first-order chi connectivity index (χ1) is 8.36. The van der Waals surface area contributed by atoms with Gasteiger partial charge in [0, 0.05) is 18.0 Å². The van der Waals surface area contributed by atoms with Gasteiger partial charge in [-0.2, -0.15) is 0 Å². The van der Waals surface area contributed by atoms with Crippen molar-refractivity contribution in [1.29, 1.82) is 0 Å². The number of nitrogen functional groups attached to an aromatic ring is 1. The molecule has 2 aromatic rings. The highest BCUT2D eigenvalue weighted by Gasteiger charge is 2.11. The van der Waals surface area contributed by atoms with Gasteiger partial charge in [0.1, 0.15) is 11.4 Å². The number of nitrogens with two attached hydrogens (primary N) is 1. The van der Waals surface area contributed by atoms with E-state index in [1.807, 2.05) is 31.2 Å². The van der Waals surface area contributed by atoms with E-state index in [9.17, 15) is 0 Å². The van der Waals surface area contributed by atoms with Crippen molar-refractivity contribution >= 4 is 5.82 Å². The summed E-state index contributed by atoms with van der Waals surface area (Å²) in [5, 5.41) is 0. The third-order valence-electron chi connectivity index (χ3n) is 2.28. The lowest BCUT2D eigenvalue weighted by Crippen LogP contribution is -2.10. The highest BCUT2D eigenvalue weighted by molar-refractivity contribution is 5.75. The smallest absolute Gasteiger partial charge is 0.166 e. The number of aromatic nitrogens is 2. The van der Waals surface area contributed by atoms with Gasteiger partial charge < -0.3 is 10.2 Å². The van der Waals surface area contributed by atoms with E-state index in [1.54, 1.807) is 12.4 Å². The standard InChI is InChI=1S/C12H14N4O/c1-2-17-10-6-4-3-5-9(10)11-12(16-13)15-8-7-14-11/h3-8H,2,13H2,1H3,(H,15,16). The van der Waals surface area contributed by atoms with Crippen LogP contribution in [0.5, 0.6) is 5.75 Å². The van der Waals surface area contributed by atoms with Gasteiger partial charge in [0.15, 0.2) is 5.82 Å². The fraction of sp³-hybridized carbons (Fsp3) is 0.167. The molecule has 0 aliphatic carbocycles. The Morgan fingerprint density at radius 1 is 1.24 bits per heavy atom. The molecule has 17 heavy (non-hydrogen) atoms. The number of ether oxygens (including phenoxy) is 1. The minimum atomic E-state index is 0.527. The van der Waals surface area contributed by atoms with Crippen molar-refractivity contribution in [3.8, 4) is 17.0 Å². The van der Waals surface area contributed by atoms with Crippen LogP contribution in [0.2, 0.25) is 0 Å². The Morgan fingerprint density at radius 3 is 2.76 bits per heavy atom. The molecule has 1 aromatic carbocycles. The summed E-state index contributed by atoms with van der Waals surface area (Å²) in [7, 11) is 0. The normalized spacial score (nSPS) is 10.0. The van der Waals surface area contributed by atoms with E-state index in [4.69, 9.17) is 10.6 Å². The number of nitrogens with one attached hydrogen (secondary N) is 1. The highest BCUT2D eigenvalue weighted by atomic mass is 16.5. The number of hydrazine groups is 1. The molecule has 0 saturated heterocycles. The van der Waals surface area contributed by atoms with E-state index in [1.165, 1.54) is 0 Å². The van der Waals surface area contributed by atoms with Crippen LogP contribution in [0, 0.1) is 0 Å². The molecule has 1 aromatic heterocycles. The van der Waals surface area contributed by atoms with Gasteiger partial charge in [-0.3, -0.25) is 4.98 Å². The van der Waals surface area contributed by atoms with E-state index in [0.29, 0.717) is 18.1 Å². The number of nitrogens with zero attached hydrogens (tertiary/aromatic N) is 2. The Morgan fingerprint density at radius 2 is 2.00 bits per heavy atom. The Kier molecular flexibility index (Phi) is 3.52. The van der Waals surface area contributed by atoms with Gasteiger partial charge >= 0.3 is 0 Å². The molecule has 3 N–H and O–H groups in total. The van der Waals surface area contributed by atoms with E-state index in [-0.39, 0.29) is 0 Å². The second-order valence-electron chi connectivity index (χ2n) is 3.33. The molecule has 0 saturated carbocycles. The second-order valence-corrected chi connectivity index (χ2v) is 3.33. The molecule has 1 heterocycles. The quantitative estimate of drug-likeness (QED) is 0.619. The lowest BCUT2D eigenvalue weighted by molar-refractivity contribution is 0.341. The number of anilines is 1. The molecule has 2 rings (SSSR count). The van der Waals surface area contributed by atoms with Crippen molar-refractivity contribution in [3.63, 3.8) is 0 Å². The van der Waals surface area contributed by atoms with Crippen molar-refractivity contribution in [2.24, 2.45) is 5.84 Å². The summed E-state index contributed by atoms with van der Waals surface area (Å²) in [5.41, 5.74) is 4.08. The number of benzene rings is 1. The van der Waals surface area contributed by atoms with Crippen molar-refractivity contribution in [2.45, 2.75) is 6.92 Å². The van der Waals surface area contributed by atoms with Crippen LogP contribution in [-0.2, 0) is 0 Å². The molecular weight excluding hydrogens is 216 g/mol. The van der Waals surface area contributed by atoms with Crippen molar-refractivity contribution in [3.05, 3.63) is 36.7 Å². The zero-order valence-electron chi connectivity index (χ0n) is 9.55. The summed E-state index contributed by atoms with van der Waals surface area (Å²) in [6, 6.07) is 7.66. The largest absolute Gasteiger partial charge is 0.493 e. The third-order valence-corrected chi connectivity index (χ3v) is 2.28. The van der Waals surface area contributed by atoms with Gasteiger partial charge in [0.2, 0.25) is 0 Å². The lowest BCUT2D eigenvalue weighted by Gasteiger charge is -2.11. The van der Waals surface area contributed by atoms with Gasteiger partial charge in [0.25, 0.3) is 0 Å². The summed E-state index contributed by atoms with van der Waals surface area (Å²) in [4.78, 5) is 8.40. The third kappa shape index (κ3) is 2.34. The SMILES string of the molecule is CCOc1ccccc1-c1nccnc1NN. The first kappa shape index (κ1) is 11.3. The average molecular weight is 230 g/mol. The maximum atomic E-state index is 5.55. The van der Waals surface area contributed by atoms with E-state index in [0.717, 1.165) is 11.3 Å². The highest BCUT2D eigenvalue weighted by Crippen LogP contribution is 2.31. The number of hydrogen-bond donors (Lipinski definition) is 2. The molecule has 0 atom stereocenters. The van der Waals surface area contributed by atoms with Gasteiger partial charge in [-0.05, 0) is 19.1 Å². The molecular formula is C12H14N4O. The van der Waals surface area contributed by atoms with Crippen LogP contribution in [0.4, 0.5) is 5.82 Å². The molecule has 5 nitrogen and oxygen atoms in total. The molecule has 0 spiro atoms. The van der Waals surface area contributed by atoms with Gasteiger partial charge in [-0.15, -0.1) is 0 Å². The van der Waals surface area contributed by atoms with Gasteiger partial charge in [-0.1, -0.05) is 12.1 Å². The average Bonchev–Trinajstić information content (AvgIpc) is 2.40. The summed E-state index contributed by atoms with van der Waals surface area (Å²) in [6.07, 6.45) is 3.21. The minimum Gasteiger partial charge on any atom is -0.493 e. The molecule has 0 radical (unpaired) electrons. The molecule has 0 unspecified atom stereocenters. The Balaban J connectivity index is 2.52. The first-order valence-corrected chi connectivity index (χ1v) is 5.36. The minimum absolute atomic E-state index is 0.527. The number of para-hydroxylation sites is 1. The summed E-state index contributed by atoms with van der Waals surface area (Å²) in [5.74, 6) is 6.72. The van der Waals surface area contributed by atoms with Crippen LogP contribution in [-0.4, -0.2) is 16.6 Å². The first-order valence-electron chi connectivity index (χ1n) is 5.36. The van der Waals surface area contributed by atoms with Crippen LogP contribution in [0.15, 0.2) is 36.7 Å². The van der Waals surface area contributed by atoms with E-state index < -0.39 is 0 Å². The number of rotatable bonds is 4. The van der Waals surface area contributed by atoms with Crippen molar-refractivity contribution in [2.75, 3.05) is 12.0 Å². The zero-order chi connectivity index (χ0) is 12.1. The summed E-state index contributed by atoms with van der Waals surface area (Å²) >= 11 is 0. The van der Waals surface area contributed by atoms with Crippen LogP contribution in [0.3, 0.4) is 0 Å². The lowest BCUT2D eigenvalue weighted by atomic mass is 10.1. The van der Waals surface area contributed by atoms with E-state index >= 15 is 0 Å². The molecule has 0 aliphatic rings. The van der Waals surface area contributed by atoms with Crippen LogP contribution >= 0.6 is 0 Å². The molecule has 0 aliphatic heterocycles. The fourth-order valence-electron chi connectivity index (χ4n) is 1.58. The van der Waals surface area contributed by atoms with Crippen LogP contribution in [0.25, 0.3) is 11.3 Å². The van der Waals surface area contributed by atoms with Crippen molar-refractivity contribution in [1.82, 2.24) is 9.97 Å². The molecule has 5 heteroatoms. The molecule has 88 valence electrons. The maximum Gasteiger partial charge on any atom is 0.166 e. The molecule has 0 fully saturated rings. The van der Waals surface area contributed by atoms with E-state index in [2.05, 4.69) is 15.4 Å². The molecule has 0 bridgehead atoms. The monoisotopic (exact) mass is 230 g/mol. The fourth-order valence-corrected chi connectivity index (χ4v) is 1.58. The Hall–Kier alpha value is -2.14.